The van der Waals surface area contributed by atoms with Gasteiger partial charge in [0.05, 0.1) is 46.9 Å². The summed E-state index contributed by atoms with van der Waals surface area (Å²) in [6, 6.07) is 3.94. The number of hydrogen-bond acceptors (Lipinski definition) is 8. The van der Waals surface area contributed by atoms with Crippen LogP contribution in [-0.4, -0.2) is 49.9 Å². The average Bonchev–Trinajstić information content (AvgIpc) is 3.46. The number of carbonyl (C=O) groups is 2. The van der Waals surface area contributed by atoms with Crippen LogP contribution in [0.2, 0.25) is 0 Å². The van der Waals surface area contributed by atoms with Gasteiger partial charge in [-0.25, -0.2) is 8.42 Å². The molecule has 30 heavy (non-hydrogen) atoms. The van der Waals surface area contributed by atoms with E-state index in [-0.39, 0.29) is 21.9 Å². The lowest BCUT2D eigenvalue weighted by Gasteiger charge is -2.27. The van der Waals surface area contributed by atoms with Crippen molar-refractivity contribution in [3.8, 4) is 11.5 Å². The van der Waals surface area contributed by atoms with Crippen LogP contribution in [0.1, 0.15) is 52.1 Å². The molecule has 1 atom stereocenters. The molecular weight excluding hydrogens is 428 g/mol. The van der Waals surface area contributed by atoms with E-state index in [2.05, 4.69) is 0 Å². The predicted octanol–water partition coefficient (Wildman–Crippen LogP) is 2.65. The number of nitrogen functional groups attached to an aromatic ring is 1. The molecule has 4 rings (SSSR count). The molecule has 1 fully saturated rings. The van der Waals surface area contributed by atoms with Gasteiger partial charge in [-0.2, -0.15) is 0 Å². The van der Waals surface area contributed by atoms with E-state index < -0.39 is 32.9 Å². The van der Waals surface area contributed by atoms with Crippen molar-refractivity contribution in [2.45, 2.75) is 31.1 Å². The summed E-state index contributed by atoms with van der Waals surface area (Å²) in [5, 5.41) is 1.37. The second-order valence-electron chi connectivity index (χ2n) is 7.26. The van der Waals surface area contributed by atoms with Crippen LogP contribution >= 0.6 is 11.3 Å². The van der Waals surface area contributed by atoms with Crippen molar-refractivity contribution in [2.75, 3.05) is 25.2 Å². The third-order valence-corrected chi connectivity index (χ3v) is 8.39. The molecule has 0 spiro atoms. The van der Waals surface area contributed by atoms with Crippen LogP contribution in [0.15, 0.2) is 23.6 Å². The predicted molar refractivity (Wildman–Crippen MR) is 113 cm³/mol. The number of carbonyl (C=O) groups excluding carboxylic acids is 2. The van der Waals surface area contributed by atoms with E-state index in [0.29, 0.717) is 36.5 Å². The molecule has 0 radical (unpaired) electrons. The van der Waals surface area contributed by atoms with Crippen molar-refractivity contribution in [1.29, 1.82) is 0 Å². The molecule has 10 heteroatoms. The van der Waals surface area contributed by atoms with E-state index in [4.69, 9.17) is 15.2 Å². The first kappa shape index (κ1) is 20.7. The minimum atomic E-state index is -3.49. The SMILES string of the molecule is CCOc1cc([C@H](CS(=O)(=O)C2CC2)N2C(=O)c3csc(N)c3C2=O)ccc1OC. The number of amides is 2. The third kappa shape index (κ3) is 3.43. The zero-order valence-corrected chi connectivity index (χ0v) is 18.2. The fourth-order valence-corrected chi connectivity index (χ4v) is 6.34. The molecule has 1 aromatic heterocycles. The number of methoxy groups -OCH3 is 1. The first-order valence-corrected chi connectivity index (χ1v) is 12.1. The fourth-order valence-electron chi connectivity index (χ4n) is 3.65. The van der Waals surface area contributed by atoms with Gasteiger partial charge in [0.1, 0.15) is 0 Å². The first-order chi connectivity index (χ1) is 14.3. The van der Waals surface area contributed by atoms with Gasteiger partial charge in [-0.05, 0) is 37.5 Å². The molecule has 2 amide bonds. The van der Waals surface area contributed by atoms with Crippen molar-refractivity contribution in [1.82, 2.24) is 4.90 Å². The molecule has 8 nitrogen and oxygen atoms in total. The molecule has 1 aromatic carbocycles. The summed E-state index contributed by atoms with van der Waals surface area (Å²) in [5.41, 5.74) is 6.75. The van der Waals surface area contributed by atoms with Gasteiger partial charge in [0, 0.05) is 5.38 Å². The Hall–Kier alpha value is -2.59. The van der Waals surface area contributed by atoms with Crippen LogP contribution in [0.3, 0.4) is 0 Å². The highest BCUT2D eigenvalue weighted by molar-refractivity contribution is 7.92. The van der Waals surface area contributed by atoms with Crippen molar-refractivity contribution >= 4 is 38.0 Å². The van der Waals surface area contributed by atoms with Crippen LogP contribution < -0.4 is 15.2 Å². The highest BCUT2D eigenvalue weighted by atomic mass is 32.2. The molecule has 1 aliphatic heterocycles. The third-order valence-electron chi connectivity index (χ3n) is 5.31. The maximum Gasteiger partial charge on any atom is 0.265 e. The fraction of sp³-hybridized carbons (Fsp3) is 0.400. The number of sulfone groups is 1. The summed E-state index contributed by atoms with van der Waals surface area (Å²) in [7, 11) is -1.99. The van der Waals surface area contributed by atoms with Crippen molar-refractivity contribution in [3.63, 3.8) is 0 Å². The van der Waals surface area contributed by atoms with Gasteiger partial charge < -0.3 is 15.2 Å². The highest BCUT2D eigenvalue weighted by Crippen LogP contribution is 2.41. The number of anilines is 1. The number of nitrogens with two attached hydrogens (primary N) is 1. The quantitative estimate of drug-likeness (QED) is 0.615. The molecule has 1 saturated carbocycles. The van der Waals surface area contributed by atoms with Gasteiger partial charge in [-0.1, -0.05) is 6.07 Å². The van der Waals surface area contributed by atoms with Gasteiger partial charge in [0.25, 0.3) is 11.8 Å². The lowest BCUT2D eigenvalue weighted by molar-refractivity contribution is 0.0597. The normalized spacial score (nSPS) is 17.2. The number of fused-ring (bicyclic) bond motifs is 1. The first-order valence-electron chi connectivity index (χ1n) is 9.55. The number of ether oxygens (including phenoxy) is 2. The molecule has 0 saturated heterocycles. The largest absolute Gasteiger partial charge is 0.493 e. The Morgan fingerprint density at radius 2 is 1.97 bits per heavy atom. The Labute approximate surface area is 178 Å². The van der Waals surface area contributed by atoms with Crippen molar-refractivity contribution in [3.05, 3.63) is 40.3 Å². The molecule has 2 aliphatic rings. The molecule has 0 bridgehead atoms. The van der Waals surface area contributed by atoms with E-state index in [9.17, 15) is 18.0 Å². The van der Waals surface area contributed by atoms with Crippen LogP contribution in [0, 0.1) is 0 Å². The number of nitrogens with zero attached hydrogens (tertiary/aromatic N) is 1. The van der Waals surface area contributed by atoms with Gasteiger partial charge in [-0.15, -0.1) is 11.3 Å². The second-order valence-corrected chi connectivity index (χ2v) is 10.5. The monoisotopic (exact) mass is 450 g/mol. The van der Waals surface area contributed by atoms with Crippen LogP contribution in [-0.2, 0) is 9.84 Å². The maximum absolute atomic E-state index is 13.1. The van der Waals surface area contributed by atoms with Crippen molar-refractivity contribution < 1.29 is 27.5 Å². The average molecular weight is 451 g/mol. The van der Waals surface area contributed by atoms with E-state index >= 15 is 0 Å². The number of rotatable bonds is 8. The van der Waals surface area contributed by atoms with Crippen LogP contribution in [0.4, 0.5) is 5.00 Å². The Balaban J connectivity index is 1.79. The number of hydrogen-bond donors (Lipinski definition) is 1. The smallest absolute Gasteiger partial charge is 0.265 e. The van der Waals surface area contributed by atoms with Gasteiger partial charge >= 0.3 is 0 Å². The molecule has 160 valence electrons. The minimum absolute atomic E-state index is 0.150. The van der Waals surface area contributed by atoms with Gasteiger partial charge in [0.2, 0.25) is 0 Å². The molecular formula is C20H22N2O6S2. The Bertz CT molecular complexity index is 1120. The van der Waals surface area contributed by atoms with Crippen LogP contribution in [0.5, 0.6) is 11.5 Å². The molecule has 2 heterocycles. The summed E-state index contributed by atoms with van der Waals surface area (Å²) in [6.45, 7) is 2.19. The summed E-state index contributed by atoms with van der Waals surface area (Å²) in [5.74, 6) is -0.558. The Morgan fingerprint density at radius 3 is 2.57 bits per heavy atom. The standard InChI is InChI=1S/C20H22N2O6S2/c1-3-28-16-8-11(4-7-15(16)27-2)14(10-30(25,26)12-5-6-12)22-19(23)13-9-29-18(21)17(13)20(22)24/h4,7-9,12,14H,3,5-6,10,21H2,1-2H3/t14-/m0/s1. The lowest BCUT2D eigenvalue weighted by Crippen LogP contribution is -2.38. The summed E-state index contributed by atoms with van der Waals surface area (Å²) >= 11 is 1.12. The zero-order chi connectivity index (χ0) is 21.6. The Morgan fingerprint density at radius 1 is 1.23 bits per heavy atom. The highest BCUT2D eigenvalue weighted by Gasteiger charge is 2.46. The summed E-state index contributed by atoms with van der Waals surface area (Å²) in [6.07, 6.45) is 1.20. The number of benzene rings is 1. The summed E-state index contributed by atoms with van der Waals surface area (Å²) in [4.78, 5) is 27.2. The number of thiophene rings is 1. The molecule has 2 N–H and O–H groups in total. The van der Waals surface area contributed by atoms with Crippen molar-refractivity contribution in [2.24, 2.45) is 0 Å². The second kappa shape index (κ2) is 7.59. The number of imide groups is 1. The molecule has 1 aliphatic carbocycles. The molecule has 2 aromatic rings. The maximum atomic E-state index is 13.1. The van der Waals surface area contributed by atoms with Gasteiger partial charge in [0.15, 0.2) is 21.3 Å². The van der Waals surface area contributed by atoms with E-state index in [1.807, 2.05) is 6.92 Å². The van der Waals surface area contributed by atoms with E-state index in [1.54, 1.807) is 18.2 Å². The zero-order valence-electron chi connectivity index (χ0n) is 16.6. The Kier molecular flexibility index (Phi) is 5.23. The van der Waals surface area contributed by atoms with Gasteiger partial charge in [-0.3, -0.25) is 14.5 Å². The van der Waals surface area contributed by atoms with Crippen LogP contribution in [0.25, 0.3) is 0 Å². The van der Waals surface area contributed by atoms with E-state index in [1.165, 1.54) is 12.5 Å². The van der Waals surface area contributed by atoms with E-state index in [0.717, 1.165) is 16.2 Å². The summed E-state index contributed by atoms with van der Waals surface area (Å²) < 4.78 is 36.6. The topological polar surface area (TPSA) is 116 Å². The minimum Gasteiger partial charge on any atom is -0.493 e. The lowest BCUT2D eigenvalue weighted by atomic mass is 10.1. The molecule has 0 unspecified atom stereocenters.